The molecular formula is C13H20N4O3. The van der Waals surface area contributed by atoms with Crippen molar-refractivity contribution in [3.63, 3.8) is 0 Å². The van der Waals surface area contributed by atoms with E-state index in [-0.39, 0.29) is 23.2 Å². The Hall–Kier alpha value is -1.89. The molecule has 1 unspecified atom stereocenters. The highest BCUT2D eigenvalue weighted by Gasteiger charge is 2.22. The molecule has 2 heterocycles. The van der Waals surface area contributed by atoms with Crippen molar-refractivity contribution in [2.24, 2.45) is 14.1 Å². The van der Waals surface area contributed by atoms with Crippen molar-refractivity contribution in [1.29, 1.82) is 0 Å². The number of rotatable bonds is 3. The summed E-state index contributed by atoms with van der Waals surface area (Å²) in [6.45, 7) is 1.09. The van der Waals surface area contributed by atoms with Crippen LogP contribution in [0.4, 0.5) is 0 Å². The van der Waals surface area contributed by atoms with Crippen LogP contribution < -0.4 is 16.6 Å². The van der Waals surface area contributed by atoms with Gasteiger partial charge in [-0.25, -0.2) is 4.79 Å². The van der Waals surface area contributed by atoms with Gasteiger partial charge in [-0.05, 0) is 6.42 Å². The molecule has 1 aliphatic rings. The Kier molecular flexibility index (Phi) is 4.08. The molecule has 110 valence electrons. The Balaban J connectivity index is 2.07. The molecular weight excluding hydrogens is 260 g/mol. The molecule has 7 nitrogen and oxygen atoms in total. The van der Waals surface area contributed by atoms with Crippen LogP contribution in [0, 0.1) is 0 Å². The summed E-state index contributed by atoms with van der Waals surface area (Å²) in [5, 5.41) is 3.30. The highest BCUT2D eigenvalue weighted by atomic mass is 16.2. The number of likely N-dealkylation sites (N-methyl/N-ethyl adjacent to an activating group) is 1. The van der Waals surface area contributed by atoms with Gasteiger partial charge >= 0.3 is 5.69 Å². The molecule has 0 aliphatic carbocycles. The first kappa shape index (κ1) is 14.5. The van der Waals surface area contributed by atoms with Gasteiger partial charge in [-0.3, -0.25) is 18.7 Å². The number of nitrogens with zero attached hydrogens (tertiary/aromatic N) is 3. The summed E-state index contributed by atoms with van der Waals surface area (Å²) in [6, 6.07) is 1.66. The van der Waals surface area contributed by atoms with Crippen LogP contribution in [0.25, 0.3) is 0 Å². The molecule has 1 saturated heterocycles. The fraction of sp³-hybridized carbons (Fsp3) is 0.615. The number of carbonyl (C=O) groups excluding carboxylic acids is 1. The molecule has 1 fully saturated rings. The minimum atomic E-state index is -0.328. The van der Waals surface area contributed by atoms with E-state index >= 15 is 0 Å². The van der Waals surface area contributed by atoms with Crippen LogP contribution in [0.3, 0.4) is 0 Å². The van der Waals surface area contributed by atoms with Gasteiger partial charge in [0.2, 0.25) is 5.91 Å². The number of carbonyl (C=O) groups is 1. The summed E-state index contributed by atoms with van der Waals surface area (Å²) in [7, 11) is 4.89. The normalized spacial score (nSPS) is 19.4. The molecule has 0 bridgehead atoms. The number of hydrogen-bond donors (Lipinski definition) is 1. The zero-order valence-electron chi connectivity index (χ0n) is 12.0. The third-order valence-corrected chi connectivity index (χ3v) is 3.82. The number of piperidine rings is 1. The Bertz CT molecular complexity index is 631. The first-order chi connectivity index (χ1) is 9.40. The number of aromatic nitrogens is 2. The van der Waals surface area contributed by atoms with E-state index < -0.39 is 0 Å². The number of amides is 1. The summed E-state index contributed by atoms with van der Waals surface area (Å²) < 4.78 is 2.54. The number of nitrogens with one attached hydrogen (secondary N) is 1. The summed E-state index contributed by atoms with van der Waals surface area (Å²) in [4.78, 5) is 36.5. The van der Waals surface area contributed by atoms with Crippen molar-refractivity contribution in [2.45, 2.75) is 25.4 Å². The van der Waals surface area contributed by atoms with Crippen molar-refractivity contribution >= 4 is 5.91 Å². The summed E-state index contributed by atoms with van der Waals surface area (Å²) in [5.41, 5.74) is 0.0173. The number of hydrogen-bond acceptors (Lipinski definition) is 4. The maximum atomic E-state index is 11.8. The van der Waals surface area contributed by atoms with E-state index in [1.165, 1.54) is 17.7 Å². The highest BCUT2D eigenvalue weighted by Crippen LogP contribution is 2.09. The van der Waals surface area contributed by atoms with E-state index in [1.54, 1.807) is 19.0 Å². The van der Waals surface area contributed by atoms with Gasteiger partial charge in [0.05, 0.1) is 0 Å². The van der Waals surface area contributed by atoms with Gasteiger partial charge in [0, 0.05) is 58.5 Å². The predicted octanol–water partition coefficient (Wildman–Crippen LogP) is -1.21. The average Bonchev–Trinajstić information content (AvgIpc) is 2.42. The molecule has 1 amide bonds. The molecule has 0 aromatic carbocycles. The fourth-order valence-electron chi connectivity index (χ4n) is 2.38. The zero-order valence-corrected chi connectivity index (χ0v) is 12.0. The number of likely N-dealkylation sites (tertiary alicyclic amines) is 1. The molecule has 1 aliphatic heterocycles. The Morgan fingerprint density at radius 2 is 1.90 bits per heavy atom. The lowest BCUT2D eigenvalue weighted by molar-refractivity contribution is -0.132. The second-order valence-electron chi connectivity index (χ2n) is 5.27. The van der Waals surface area contributed by atoms with Crippen LogP contribution in [-0.4, -0.2) is 39.6 Å². The Labute approximate surface area is 116 Å². The van der Waals surface area contributed by atoms with Gasteiger partial charge in [-0.1, -0.05) is 0 Å². The molecule has 0 saturated carbocycles. The van der Waals surface area contributed by atoms with Crippen molar-refractivity contribution in [3.8, 4) is 0 Å². The lowest BCUT2D eigenvalue weighted by Gasteiger charge is -2.30. The van der Waals surface area contributed by atoms with Gasteiger partial charge in [0.15, 0.2) is 0 Å². The Morgan fingerprint density at radius 3 is 2.55 bits per heavy atom. The standard InChI is InChI=1S/C13H20N4O3/c1-15-8-9(4-5-11(15)18)14-7-10-6-12(19)17(3)13(20)16(10)2/h6,9,14H,4-5,7-8H2,1-3H3. The smallest absolute Gasteiger partial charge is 0.330 e. The van der Waals surface area contributed by atoms with Crippen molar-refractivity contribution < 1.29 is 4.79 Å². The van der Waals surface area contributed by atoms with Crippen LogP contribution >= 0.6 is 0 Å². The largest absolute Gasteiger partial charge is 0.344 e. The minimum Gasteiger partial charge on any atom is -0.344 e. The van der Waals surface area contributed by atoms with Gasteiger partial charge in [-0.15, -0.1) is 0 Å². The zero-order chi connectivity index (χ0) is 14.9. The molecule has 1 N–H and O–H groups in total. The predicted molar refractivity (Wildman–Crippen MR) is 74.4 cm³/mol. The van der Waals surface area contributed by atoms with Crippen LogP contribution in [0.1, 0.15) is 18.5 Å². The lowest BCUT2D eigenvalue weighted by Crippen LogP contribution is -2.47. The maximum Gasteiger partial charge on any atom is 0.330 e. The molecule has 20 heavy (non-hydrogen) atoms. The van der Waals surface area contributed by atoms with Gasteiger partial charge in [0.25, 0.3) is 5.56 Å². The highest BCUT2D eigenvalue weighted by molar-refractivity contribution is 5.76. The maximum absolute atomic E-state index is 11.8. The van der Waals surface area contributed by atoms with E-state index in [9.17, 15) is 14.4 Å². The fourth-order valence-corrected chi connectivity index (χ4v) is 2.38. The molecule has 0 spiro atoms. The van der Waals surface area contributed by atoms with Gasteiger partial charge < -0.3 is 10.2 Å². The first-order valence-electron chi connectivity index (χ1n) is 6.63. The minimum absolute atomic E-state index is 0.157. The SMILES string of the molecule is CN1CC(NCc2cc(=O)n(C)c(=O)n2C)CCC1=O. The monoisotopic (exact) mass is 280 g/mol. The van der Waals surface area contributed by atoms with Crippen LogP contribution in [0.15, 0.2) is 15.7 Å². The van der Waals surface area contributed by atoms with Crippen LogP contribution in [0.5, 0.6) is 0 Å². The molecule has 1 aromatic rings. The first-order valence-corrected chi connectivity index (χ1v) is 6.63. The molecule has 1 atom stereocenters. The molecule has 2 rings (SSSR count). The average molecular weight is 280 g/mol. The quantitative estimate of drug-likeness (QED) is 0.754. The summed E-state index contributed by atoms with van der Waals surface area (Å²) >= 11 is 0. The van der Waals surface area contributed by atoms with E-state index in [4.69, 9.17) is 0 Å². The Morgan fingerprint density at radius 1 is 1.20 bits per heavy atom. The van der Waals surface area contributed by atoms with E-state index in [1.807, 2.05) is 0 Å². The second-order valence-corrected chi connectivity index (χ2v) is 5.27. The molecule has 1 aromatic heterocycles. The second kappa shape index (κ2) is 5.62. The van der Waals surface area contributed by atoms with Crippen molar-refractivity contribution in [3.05, 3.63) is 32.6 Å². The lowest BCUT2D eigenvalue weighted by atomic mass is 10.1. The van der Waals surface area contributed by atoms with Crippen LogP contribution in [0.2, 0.25) is 0 Å². The van der Waals surface area contributed by atoms with Crippen LogP contribution in [-0.2, 0) is 25.4 Å². The molecule has 0 radical (unpaired) electrons. The van der Waals surface area contributed by atoms with Gasteiger partial charge in [-0.2, -0.15) is 0 Å². The summed E-state index contributed by atoms with van der Waals surface area (Å²) in [6.07, 6.45) is 1.31. The van der Waals surface area contributed by atoms with Gasteiger partial charge in [0.1, 0.15) is 0 Å². The van der Waals surface area contributed by atoms with E-state index in [0.29, 0.717) is 25.2 Å². The topological polar surface area (TPSA) is 76.3 Å². The third-order valence-electron chi connectivity index (χ3n) is 3.82. The van der Waals surface area contributed by atoms with E-state index in [0.717, 1.165) is 11.0 Å². The molecule has 7 heteroatoms. The third kappa shape index (κ3) is 2.82. The van der Waals surface area contributed by atoms with Crippen molar-refractivity contribution in [2.75, 3.05) is 13.6 Å². The van der Waals surface area contributed by atoms with E-state index in [2.05, 4.69) is 5.32 Å². The summed E-state index contributed by atoms with van der Waals surface area (Å²) in [5.74, 6) is 0.157. The van der Waals surface area contributed by atoms with Crippen molar-refractivity contribution in [1.82, 2.24) is 19.4 Å².